The van der Waals surface area contributed by atoms with Gasteiger partial charge in [-0.05, 0) is 61.4 Å². The quantitative estimate of drug-likeness (QED) is 0.699. The summed E-state index contributed by atoms with van der Waals surface area (Å²) in [6.45, 7) is 0.911. The molecule has 1 aliphatic carbocycles. The molecule has 1 aromatic heterocycles. The second-order valence-corrected chi connectivity index (χ2v) is 8.00. The van der Waals surface area contributed by atoms with Crippen LogP contribution in [0.25, 0.3) is 0 Å². The molecule has 1 aliphatic heterocycles. The van der Waals surface area contributed by atoms with Crippen molar-refractivity contribution < 1.29 is 18.7 Å². The van der Waals surface area contributed by atoms with Gasteiger partial charge in [-0.3, -0.25) is 14.6 Å². The molecular weight excluding hydrogens is 371 g/mol. The van der Waals surface area contributed by atoms with E-state index >= 15 is 0 Å². The average molecular weight is 396 g/mol. The molecule has 29 heavy (non-hydrogen) atoms. The lowest BCUT2D eigenvalue weighted by Gasteiger charge is -2.32. The molecule has 0 radical (unpaired) electrons. The van der Waals surface area contributed by atoms with Crippen LogP contribution in [-0.4, -0.2) is 33.9 Å². The van der Waals surface area contributed by atoms with E-state index in [0.717, 1.165) is 36.8 Å². The Labute approximate surface area is 169 Å². The molecule has 2 aliphatic rings. The fraction of sp³-hybridized carbons (Fsp3) is 0.435. The van der Waals surface area contributed by atoms with Gasteiger partial charge in [-0.15, -0.1) is 0 Å². The first kappa shape index (κ1) is 19.6. The highest BCUT2D eigenvalue weighted by molar-refractivity contribution is 5.88. The van der Waals surface area contributed by atoms with Crippen molar-refractivity contribution in [1.82, 2.24) is 9.88 Å². The van der Waals surface area contributed by atoms with Crippen LogP contribution in [0.3, 0.4) is 0 Å². The summed E-state index contributed by atoms with van der Waals surface area (Å²) < 4.78 is 18.9. The molecule has 0 N–H and O–H groups in total. The van der Waals surface area contributed by atoms with Gasteiger partial charge < -0.3 is 9.64 Å². The fourth-order valence-electron chi connectivity index (χ4n) is 4.54. The highest BCUT2D eigenvalue weighted by atomic mass is 19.1. The number of amides is 1. The van der Waals surface area contributed by atoms with Crippen molar-refractivity contribution in [2.45, 2.75) is 50.7 Å². The fourth-order valence-corrected chi connectivity index (χ4v) is 4.54. The van der Waals surface area contributed by atoms with Gasteiger partial charge >= 0.3 is 5.97 Å². The first-order valence-electron chi connectivity index (χ1n) is 10.2. The minimum Gasteiger partial charge on any atom is -0.458 e. The summed E-state index contributed by atoms with van der Waals surface area (Å²) in [5.41, 5.74) is 1.27. The van der Waals surface area contributed by atoms with Gasteiger partial charge in [0, 0.05) is 25.5 Å². The van der Waals surface area contributed by atoms with Crippen LogP contribution < -0.4 is 0 Å². The third-order valence-corrected chi connectivity index (χ3v) is 6.06. The van der Waals surface area contributed by atoms with Crippen molar-refractivity contribution in [2.24, 2.45) is 5.92 Å². The summed E-state index contributed by atoms with van der Waals surface area (Å²) in [6, 6.07) is 10.1. The van der Waals surface area contributed by atoms with Crippen molar-refractivity contribution in [3.63, 3.8) is 0 Å². The van der Waals surface area contributed by atoms with Crippen molar-refractivity contribution in [2.75, 3.05) is 6.54 Å². The minimum absolute atomic E-state index is 0.0382. The molecule has 2 fully saturated rings. The predicted octanol–water partition coefficient (Wildman–Crippen LogP) is 3.67. The number of rotatable bonds is 6. The molecular formula is C23H25FN2O3. The Bertz CT molecular complexity index is 863. The highest BCUT2D eigenvalue weighted by Gasteiger charge is 2.54. The van der Waals surface area contributed by atoms with Crippen molar-refractivity contribution in [3.8, 4) is 0 Å². The molecule has 0 bridgehead atoms. The molecule has 1 spiro atoms. The Morgan fingerprint density at radius 2 is 1.93 bits per heavy atom. The van der Waals surface area contributed by atoms with E-state index < -0.39 is 11.5 Å². The topological polar surface area (TPSA) is 59.5 Å². The van der Waals surface area contributed by atoms with Crippen molar-refractivity contribution in [1.29, 1.82) is 0 Å². The van der Waals surface area contributed by atoms with Crippen molar-refractivity contribution >= 4 is 11.9 Å². The maximum atomic E-state index is 13.5. The number of pyridine rings is 1. The van der Waals surface area contributed by atoms with E-state index in [1.807, 2.05) is 12.1 Å². The zero-order valence-electron chi connectivity index (χ0n) is 16.4. The molecule has 1 amide bonds. The number of nitrogens with zero attached hydrogens (tertiary/aromatic N) is 2. The highest BCUT2D eigenvalue weighted by Crippen LogP contribution is 2.46. The van der Waals surface area contributed by atoms with Crippen LogP contribution in [0, 0.1) is 11.7 Å². The molecule has 1 aromatic carbocycles. The van der Waals surface area contributed by atoms with E-state index in [4.69, 9.17) is 4.74 Å². The van der Waals surface area contributed by atoms with E-state index in [0.29, 0.717) is 19.5 Å². The summed E-state index contributed by atoms with van der Waals surface area (Å²) in [6.07, 6.45) is 7.69. The number of hydrogen-bond donors (Lipinski definition) is 0. The summed E-state index contributed by atoms with van der Waals surface area (Å²) in [4.78, 5) is 31.6. The van der Waals surface area contributed by atoms with Crippen LogP contribution in [0.2, 0.25) is 0 Å². The predicted molar refractivity (Wildman–Crippen MR) is 105 cm³/mol. The van der Waals surface area contributed by atoms with Gasteiger partial charge in [0.05, 0.1) is 12.3 Å². The van der Waals surface area contributed by atoms with Gasteiger partial charge in [0.2, 0.25) is 5.91 Å². The second kappa shape index (κ2) is 8.31. The lowest BCUT2D eigenvalue weighted by atomic mass is 9.84. The molecule has 1 saturated heterocycles. The van der Waals surface area contributed by atoms with Crippen LogP contribution >= 0.6 is 0 Å². The minimum atomic E-state index is -0.628. The van der Waals surface area contributed by atoms with E-state index in [-0.39, 0.29) is 24.1 Å². The van der Waals surface area contributed by atoms with Crippen LogP contribution in [-0.2, 0) is 27.3 Å². The Morgan fingerprint density at radius 1 is 1.17 bits per heavy atom. The number of carbonyl (C=O) groups excluding carboxylic acids is 2. The Morgan fingerprint density at radius 3 is 2.62 bits per heavy atom. The van der Waals surface area contributed by atoms with Gasteiger partial charge in [-0.1, -0.05) is 18.2 Å². The smallest absolute Gasteiger partial charge is 0.307 e. The van der Waals surface area contributed by atoms with Gasteiger partial charge in [-0.2, -0.15) is 0 Å². The van der Waals surface area contributed by atoms with E-state index in [1.165, 1.54) is 12.1 Å². The number of halogens is 1. The lowest BCUT2D eigenvalue weighted by Crippen LogP contribution is -2.45. The van der Waals surface area contributed by atoms with Crippen molar-refractivity contribution in [3.05, 3.63) is 65.7 Å². The van der Waals surface area contributed by atoms with E-state index in [1.54, 1.807) is 29.4 Å². The van der Waals surface area contributed by atoms with Gasteiger partial charge in [0.1, 0.15) is 11.4 Å². The number of esters is 1. The SMILES string of the molecule is O=C1CC(C(=O)N(CCc2ccc(F)cc2)Cc2cccnc2)C2(CCCC2)O1. The van der Waals surface area contributed by atoms with Gasteiger partial charge in [-0.25, -0.2) is 4.39 Å². The maximum absolute atomic E-state index is 13.5. The molecule has 2 aromatic rings. The standard InChI is InChI=1S/C23H25FN2O3/c24-19-7-5-17(6-8-19)9-13-26(16-18-4-3-12-25-15-18)22(28)20-14-21(27)29-23(20)10-1-2-11-23/h3-8,12,15,20H,1-2,9-11,13-14,16H2. The summed E-state index contributed by atoms with van der Waals surface area (Å²) in [5, 5.41) is 0. The number of ether oxygens (including phenoxy) is 1. The lowest BCUT2D eigenvalue weighted by molar-refractivity contribution is -0.151. The second-order valence-electron chi connectivity index (χ2n) is 8.00. The molecule has 5 nitrogen and oxygen atoms in total. The summed E-state index contributed by atoms with van der Waals surface area (Å²) >= 11 is 0. The summed E-state index contributed by atoms with van der Waals surface area (Å²) in [7, 11) is 0. The molecule has 1 unspecified atom stereocenters. The Hall–Kier alpha value is -2.76. The molecule has 6 heteroatoms. The maximum Gasteiger partial charge on any atom is 0.307 e. The average Bonchev–Trinajstić information content (AvgIpc) is 3.33. The third-order valence-electron chi connectivity index (χ3n) is 6.06. The third kappa shape index (κ3) is 4.31. The van der Waals surface area contributed by atoms with E-state index in [2.05, 4.69) is 4.98 Å². The van der Waals surface area contributed by atoms with Crippen LogP contribution in [0.1, 0.15) is 43.2 Å². The largest absolute Gasteiger partial charge is 0.458 e. The molecule has 1 saturated carbocycles. The number of benzene rings is 1. The molecule has 1 atom stereocenters. The Balaban J connectivity index is 1.54. The summed E-state index contributed by atoms with van der Waals surface area (Å²) in [5.74, 6) is -1.02. The van der Waals surface area contributed by atoms with Gasteiger partial charge in [0.15, 0.2) is 0 Å². The molecule has 2 heterocycles. The zero-order chi connectivity index (χ0) is 20.3. The monoisotopic (exact) mass is 396 g/mol. The van der Waals surface area contributed by atoms with Crippen LogP contribution in [0.5, 0.6) is 0 Å². The van der Waals surface area contributed by atoms with E-state index in [9.17, 15) is 14.0 Å². The first-order chi connectivity index (χ1) is 14.1. The first-order valence-corrected chi connectivity index (χ1v) is 10.2. The normalized spacial score (nSPS) is 20.0. The number of carbonyl (C=O) groups is 2. The number of aromatic nitrogens is 1. The Kier molecular flexibility index (Phi) is 5.60. The number of hydrogen-bond acceptors (Lipinski definition) is 4. The van der Waals surface area contributed by atoms with Crippen LogP contribution in [0.4, 0.5) is 4.39 Å². The zero-order valence-corrected chi connectivity index (χ0v) is 16.4. The van der Waals surface area contributed by atoms with Crippen LogP contribution in [0.15, 0.2) is 48.8 Å². The molecule has 152 valence electrons. The molecule has 4 rings (SSSR count). The van der Waals surface area contributed by atoms with Gasteiger partial charge in [0.25, 0.3) is 0 Å².